The summed E-state index contributed by atoms with van der Waals surface area (Å²) < 4.78 is 5.91. The Morgan fingerprint density at radius 2 is 1.14 bits per heavy atom. The molecule has 12 heteroatoms. The zero-order chi connectivity index (χ0) is 35.2. The normalized spacial score (nSPS) is 10.9. The van der Waals surface area contributed by atoms with Crippen LogP contribution in [0.3, 0.4) is 0 Å². The predicted octanol–water partition coefficient (Wildman–Crippen LogP) is 8.19. The van der Waals surface area contributed by atoms with Gasteiger partial charge in [-0.1, -0.05) is 61.8 Å². The van der Waals surface area contributed by atoms with Gasteiger partial charge in [0.1, 0.15) is 33.3 Å². The molecule has 6 heterocycles. The molecule has 0 atom stereocenters. The first-order valence-electron chi connectivity index (χ1n) is 16.4. The monoisotopic (exact) mass is 685 g/mol. The van der Waals surface area contributed by atoms with Crippen LogP contribution in [0, 0.1) is 0 Å². The fraction of sp³-hybridized carbons (Fsp3) is 0.211. The molecule has 0 spiro atoms. The molecule has 0 bridgehead atoms. The van der Waals surface area contributed by atoms with E-state index < -0.39 is 0 Å². The molecule has 0 amide bonds. The average molecular weight is 686 g/mol. The number of nitrogens with one attached hydrogen (secondary N) is 1. The first kappa shape index (κ1) is 34.1. The van der Waals surface area contributed by atoms with Gasteiger partial charge in [-0.15, -0.1) is 0 Å². The van der Waals surface area contributed by atoms with Crippen molar-refractivity contribution in [3.63, 3.8) is 0 Å². The van der Waals surface area contributed by atoms with E-state index in [1.165, 1.54) is 16.8 Å². The molecule has 0 radical (unpaired) electrons. The molecule has 0 saturated carbocycles. The van der Waals surface area contributed by atoms with Gasteiger partial charge in [-0.2, -0.15) is 0 Å². The van der Waals surface area contributed by atoms with Gasteiger partial charge in [-0.25, -0.2) is 29.9 Å². The largest absolute Gasteiger partial charge is 0.340 e. The van der Waals surface area contributed by atoms with Crippen molar-refractivity contribution in [3.8, 4) is 0 Å². The summed E-state index contributed by atoms with van der Waals surface area (Å²) in [5.41, 5.74) is 10.8. The van der Waals surface area contributed by atoms with Gasteiger partial charge in [0, 0.05) is 57.8 Å². The van der Waals surface area contributed by atoms with Gasteiger partial charge in [0.2, 0.25) is 0 Å². The second-order valence-electron chi connectivity index (χ2n) is 11.8. The Labute approximate surface area is 296 Å². The summed E-state index contributed by atoms with van der Waals surface area (Å²) in [4.78, 5) is 27.6. The van der Waals surface area contributed by atoms with Crippen LogP contribution < -0.4 is 10.2 Å². The maximum atomic E-state index is 5.70. The highest BCUT2D eigenvalue weighted by atomic mass is 35.5. The third-order valence-electron chi connectivity index (χ3n) is 8.53. The smallest absolute Gasteiger partial charge is 0.134 e. The van der Waals surface area contributed by atoms with Crippen molar-refractivity contribution in [3.05, 3.63) is 121 Å². The molecule has 254 valence electrons. The van der Waals surface area contributed by atoms with E-state index in [4.69, 9.17) is 11.6 Å². The lowest BCUT2D eigenvalue weighted by atomic mass is 10.1. The minimum Gasteiger partial charge on any atom is -0.340 e. The third-order valence-corrected chi connectivity index (χ3v) is 8.73. The molecular formula is C38H40ClN11. The minimum atomic E-state index is 0.501. The number of halogens is 1. The van der Waals surface area contributed by atoms with E-state index in [0.717, 1.165) is 63.3 Å². The van der Waals surface area contributed by atoms with Crippen LogP contribution in [-0.2, 0) is 34.0 Å². The van der Waals surface area contributed by atoms with Crippen LogP contribution in [0.25, 0.3) is 33.1 Å². The van der Waals surface area contributed by atoms with Gasteiger partial charge in [0.05, 0.1) is 54.1 Å². The molecule has 0 aliphatic heterocycles. The number of fused-ring (bicyclic) bond motifs is 3. The maximum absolute atomic E-state index is 5.70. The summed E-state index contributed by atoms with van der Waals surface area (Å²) in [6, 6.07) is 22.6. The molecule has 0 aliphatic rings. The molecule has 2 aromatic carbocycles. The molecule has 0 unspecified atom stereocenters. The summed E-state index contributed by atoms with van der Waals surface area (Å²) in [5, 5.41) is 3.88. The van der Waals surface area contributed by atoms with E-state index in [0.29, 0.717) is 5.15 Å². The van der Waals surface area contributed by atoms with Gasteiger partial charge < -0.3 is 23.9 Å². The van der Waals surface area contributed by atoms with Crippen LogP contribution in [0.2, 0.25) is 5.15 Å². The Balaban J connectivity index is 0.000000135. The van der Waals surface area contributed by atoms with Crippen molar-refractivity contribution >= 4 is 67.7 Å². The van der Waals surface area contributed by atoms with Crippen molar-refractivity contribution < 1.29 is 0 Å². The van der Waals surface area contributed by atoms with Crippen LogP contribution >= 0.6 is 11.6 Å². The first-order valence-corrected chi connectivity index (χ1v) is 16.8. The number of imidazole rings is 3. The number of anilines is 4. The van der Waals surface area contributed by atoms with Crippen LogP contribution in [0.1, 0.15) is 25.0 Å². The number of pyridine rings is 3. The molecule has 50 heavy (non-hydrogen) atoms. The summed E-state index contributed by atoms with van der Waals surface area (Å²) in [6.07, 6.45) is 12.7. The lowest BCUT2D eigenvalue weighted by molar-refractivity contribution is 0.946. The van der Waals surface area contributed by atoms with Crippen molar-refractivity contribution in [2.24, 2.45) is 21.1 Å². The Hall–Kier alpha value is -5.81. The fourth-order valence-corrected chi connectivity index (χ4v) is 5.81. The number of hydrogen-bond acceptors (Lipinski definition) is 8. The molecule has 8 rings (SSSR count). The highest BCUT2D eigenvalue weighted by Gasteiger charge is 2.11. The van der Waals surface area contributed by atoms with Crippen LogP contribution in [0.15, 0.2) is 104 Å². The Morgan fingerprint density at radius 1 is 0.620 bits per heavy atom. The Bertz CT molecular complexity index is 2370. The van der Waals surface area contributed by atoms with Crippen LogP contribution in [0.5, 0.6) is 0 Å². The van der Waals surface area contributed by atoms with Gasteiger partial charge in [-0.3, -0.25) is 0 Å². The van der Waals surface area contributed by atoms with E-state index >= 15 is 0 Å². The second kappa shape index (κ2) is 15.2. The van der Waals surface area contributed by atoms with E-state index in [-0.39, 0.29) is 0 Å². The molecule has 0 fully saturated rings. The lowest BCUT2D eigenvalue weighted by Gasteiger charge is -2.21. The van der Waals surface area contributed by atoms with Gasteiger partial charge in [0.25, 0.3) is 0 Å². The zero-order valence-electron chi connectivity index (χ0n) is 29.1. The molecule has 6 aromatic heterocycles. The highest BCUT2D eigenvalue weighted by Crippen LogP contribution is 2.28. The molecular weight excluding hydrogens is 646 g/mol. The second-order valence-corrected chi connectivity index (χ2v) is 12.2. The number of nitrogens with zero attached hydrogens (tertiary/aromatic N) is 10. The predicted molar refractivity (Wildman–Crippen MR) is 204 cm³/mol. The van der Waals surface area contributed by atoms with E-state index in [2.05, 4.69) is 110 Å². The SMILES string of the molecule is CCc1ccccc1N(C)c1cc2c(cn1)ncn2C.CCc1ccccc1Nc1cc2c(cn1)ncn2C.Cn1cnc2cnc(Cl)cc21. The highest BCUT2D eigenvalue weighted by molar-refractivity contribution is 6.29. The number of rotatable bonds is 6. The van der Waals surface area contributed by atoms with Crippen molar-refractivity contribution in [1.82, 2.24) is 43.6 Å². The number of benzene rings is 2. The van der Waals surface area contributed by atoms with Crippen molar-refractivity contribution in [2.45, 2.75) is 26.7 Å². The van der Waals surface area contributed by atoms with Crippen molar-refractivity contribution in [2.75, 3.05) is 17.3 Å². The van der Waals surface area contributed by atoms with Gasteiger partial charge >= 0.3 is 0 Å². The van der Waals surface area contributed by atoms with E-state index in [9.17, 15) is 0 Å². The Morgan fingerprint density at radius 3 is 1.78 bits per heavy atom. The van der Waals surface area contributed by atoms with Crippen LogP contribution in [0.4, 0.5) is 23.0 Å². The number of aromatic nitrogens is 9. The molecule has 1 N–H and O–H groups in total. The number of aryl methyl sites for hydroxylation is 5. The van der Waals surface area contributed by atoms with Gasteiger partial charge in [0.15, 0.2) is 0 Å². The first-order chi connectivity index (χ1) is 24.2. The molecule has 8 aromatic rings. The summed E-state index contributed by atoms with van der Waals surface area (Å²) >= 11 is 5.70. The third kappa shape index (κ3) is 7.42. The number of hydrogen-bond donors (Lipinski definition) is 1. The topological polar surface area (TPSA) is 107 Å². The Kier molecular flexibility index (Phi) is 10.3. The molecule has 0 aliphatic carbocycles. The molecule has 0 saturated heterocycles. The summed E-state index contributed by atoms with van der Waals surface area (Å²) in [7, 11) is 7.96. The lowest BCUT2D eigenvalue weighted by Crippen LogP contribution is -2.13. The average Bonchev–Trinajstić information content (AvgIpc) is 3.84. The number of para-hydroxylation sites is 2. The van der Waals surface area contributed by atoms with Crippen molar-refractivity contribution in [1.29, 1.82) is 0 Å². The van der Waals surface area contributed by atoms with Crippen LogP contribution in [-0.4, -0.2) is 50.7 Å². The zero-order valence-corrected chi connectivity index (χ0v) is 29.8. The fourth-order valence-electron chi connectivity index (χ4n) is 5.66. The van der Waals surface area contributed by atoms with Gasteiger partial charge in [-0.05, 0) is 36.1 Å². The standard InChI is InChI=1S/C16H18N4.C15H16N4.C7H6ClN3/c1-4-12-7-5-6-8-14(12)20(3)16-9-15-13(10-17-16)18-11-19(15)2;1-3-11-6-4-5-7-12(11)18-15-8-14-13(9-16-15)17-10-19(14)2;1-11-4-10-5-3-9-7(8)2-6(5)11/h5-11H,4H2,1-3H3;4-10H,3H2,1-2H3,(H,16,18);2-4H,1H3. The van der Waals surface area contributed by atoms with E-state index in [1.807, 2.05) is 59.5 Å². The summed E-state index contributed by atoms with van der Waals surface area (Å²) in [6.45, 7) is 4.32. The van der Waals surface area contributed by atoms with E-state index in [1.54, 1.807) is 31.1 Å². The summed E-state index contributed by atoms with van der Waals surface area (Å²) in [5.74, 6) is 1.78. The molecule has 11 nitrogen and oxygen atoms in total. The quantitative estimate of drug-likeness (QED) is 0.175. The minimum absolute atomic E-state index is 0.501. The maximum Gasteiger partial charge on any atom is 0.134 e.